The molecule has 18 heavy (non-hydrogen) atoms. The van der Waals surface area contributed by atoms with Crippen LogP contribution >= 0.6 is 0 Å². The van der Waals surface area contributed by atoms with E-state index < -0.39 is 11.6 Å². The molecule has 0 bridgehead atoms. The normalized spacial score (nSPS) is 10.6. The molecule has 0 aliphatic rings. The van der Waals surface area contributed by atoms with Crippen LogP contribution in [0.5, 0.6) is 0 Å². The standard InChI is InChI=1S/C15H15F2N/c16-14-8-13(9-15(17)10-14)12-5-1-3-11(7-12)4-2-6-18/h1,3,5,7-10H,2,4,6,18H2. The number of nitrogens with two attached hydrogens (primary N) is 1. The van der Waals surface area contributed by atoms with Gasteiger partial charge in [-0.15, -0.1) is 0 Å². The van der Waals surface area contributed by atoms with E-state index >= 15 is 0 Å². The van der Waals surface area contributed by atoms with Crippen LogP contribution in [-0.2, 0) is 6.42 Å². The van der Waals surface area contributed by atoms with Gasteiger partial charge in [-0.3, -0.25) is 0 Å². The Balaban J connectivity index is 2.32. The van der Waals surface area contributed by atoms with Crippen LogP contribution in [0.4, 0.5) is 8.78 Å². The fraction of sp³-hybridized carbons (Fsp3) is 0.200. The number of aryl methyl sites for hydroxylation is 1. The summed E-state index contributed by atoms with van der Waals surface area (Å²) in [4.78, 5) is 0. The molecular weight excluding hydrogens is 232 g/mol. The highest BCUT2D eigenvalue weighted by Gasteiger charge is 2.04. The first-order chi connectivity index (χ1) is 8.69. The summed E-state index contributed by atoms with van der Waals surface area (Å²) in [5, 5.41) is 0. The van der Waals surface area contributed by atoms with Crippen LogP contribution in [0, 0.1) is 11.6 Å². The van der Waals surface area contributed by atoms with Crippen molar-refractivity contribution in [1.82, 2.24) is 0 Å². The van der Waals surface area contributed by atoms with Crippen molar-refractivity contribution >= 4 is 0 Å². The fourth-order valence-corrected chi connectivity index (χ4v) is 1.93. The average molecular weight is 247 g/mol. The molecule has 0 unspecified atom stereocenters. The first kappa shape index (κ1) is 12.7. The maximum atomic E-state index is 13.2. The minimum Gasteiger partial charge on any atom is -0.330 e. The number of hydrogen-bond acceptors (Lipinski definition) is 1. The zero-order chi connectivity index (χ0) is 13.0. The number of halogens is 2. The Morgan fingerprint density at radius 1 is 0.889 bits per heavy atom. The van der Waals surface area contributed by atoms with Gasteiger partial charge in [0.25, 0.3) is 0 Å². The van der Waals surface area contributed by atoms with Crippen LogP contribution in [0.2, 0.25) is 0 Å². The van der Waals surface area contributed by atoms with Crippen LogP contribution in [0.3, 0.4) is 0 Å². The number of rotatable bonds is 4. The van der Waals surface area contributed by atoms with E-state index in [9.17, 15) is 8.78 Å². The molecule has 0 amide bonds. The van der Waals surface area contributed by atoms with E-state index in [1.54, 1.807) is 0 Å². The van der Waals surface area contributed by atoms with Crippen molar-refractivity contribution < 1.29 is 8.78 Å². The molecular formula is C15H15F2N. The van der Waals surface area contributed by atoms with E-state index in [0.29, 0.717) is 12.1 Å². The smallest absolute Gasteiger partial charge is 0.126 e. The Morgan fingerprint density at radius 3 is 2.28 bits per heavy atom. The van der Waals surface area contributed by atoms with E-state index in [4.69, 9.17) is 5.73 Å². The lowest BCUT2D eigenvalue weighted by Crippen LogP contribution is -2.00. The molecule has 2 aromatic carbocycles. The molecule has 2 N–H and O–H groups in total. The number of benzene rings is 2. The lowest BCUT2D eigenvalue weighted by molar-refractivity contribution is 0.584. The van der Waals surface area contributed by atoms with Crippen molar-refractivity contribution in [2.75, 3.05) is 6.54 Å². The topological polar surface area (TPSA) is 26.0 Å². The predicted octanol–water partition coefficient (Wildman–Crippen LogP) is 3.52. The third kappa shape index (κ3) is 3.14. The highest BCUT2D eigenvalue weighted by Crippen LogP contribution is 2.23. The summed E-state index contributed by atoms with van der Waals surface area (Å²) in [6.07, 6.45) is 1.78. The molecule has 0 radical (unpaired) electrons. The SMILES string of the molecule is NCCCc1cccc(-c2cc(F)cc(F)c2)c1. The minimum atomic E-state index is -0.558. The zero-order valence-corrected chi connectivity index (χ0v) is 10.00. The second-order valence-electron chi connectivity index (χ2n) is 4.25. The Hall–Kier alpha value is -1.74. The van der Waals surface area contributed by atoms with Gasteiger partial charge in [-0.05, 0) is 48.2 Å². The Morgan fingerprint density at radius 2 is 1.61 bits per heavy atom. The third-order valence-corrected chi connectivity index (χ3v) is 2.79. The van der Waals surface area contributed by atoms with E-state index in [0.717, 1.165) is 30.0 Å². The molecule has 2 rings (SSSR count). The van der Waals surface area contributed by atoms with Crippen molar-refractivity contribution in [1.29, 1.82) is 0 Å². The van der Waals surface area contributed by atoms with Crippen molar-refractivity contribution in [2.45, 2.75) is 12.8 Å². The summed E-state index contributed by atoms with van der Waals surface area (Å²) in [6, 6.07) is 11.2. The zero-order valence-electron chi connectivity index (χ0n) is 10.00. The molecule has 1 nitrogen and oxygen atoms in total. The molecule has 2 aromatic rings. The number of hydrogen-bond donors (Lipinski definition) is 1. The summed E-state index contributed by atoms with van der Waals surface area (Å²) >= 11 is 0. The lowest BCUT2D eigenvalue weighted by atomic mass is 10.0. The summed E-state index contributed by atoms with van der Waals surface area (Å²) in [5.74, 6) is -1.12. The molecule has 0 heterocycles. The molecule has 94 valence electrons. The Labute approximate surface area is 105 Å². The van der Waals surface area contributed by atoms with Gasteiger partial charge >= 0.3 is 0 Å². The van der Waals surface area contributed by atoms with Crippen molar-refractivity contribution in [3.8, 4) is 11.1 Å². The monoisotopic (exact) mass is 247 g/mol. The second-order valence-corrected chi connectivity index (χ2v) is 4.25. The maximum Gasteiger partial charge on any atom is 0.126 e. The van der Waals surface area contributed by atoms with Gasteiger partial charge in [-0.1, -0.05) is 24.3 Å². The minimum absolute atomic E-state index is 0.557. The molecule has 0 spiro atoms. The molecule has 0 aliphatic heterocycles. The summed E-state index contributed by atoms with van der Waals surface area (Å²) < 4.78 is 26.3. The van der Waals surface area contributed by atoms with Crippen LogP contribution < -0.4 is 5.73 Å². The van der Waals surface area contributed by atoms with Crippen molar-refractivity contribution in [3.05, 3.63) is 59.7 Å². The largest absolute Gasteiger partial charge is 0.330 e. The molecule has 3 heteroatoms. The van der Waals surface area contributed by atoms with Crippen LogP contribution in [0.1, 0.15) is 12.0 Å². The van der Waals surface area contributed by atoms with Crippen LogP contribution in [0.25, 0.3) is 11.1 Å². The van der Waals surface area contributed by atoms with E-state index in [-0.39, 0.29) is 0 Å². The first-order valence-corrected chi connectivity index (χ1v) is 5.94. The predicted molar refractivity (Wildman–Crippen MR) is 69.2 cm³/mol. The second kappa shape index (κ2) is 5.74. The van der Waals surface area contributed by atoms with Gasteiger partial charge in [0.15, 0.2) is 0 Å². The van der Waals surface area contributed by atoms with Crippen LogP contribution in [0.15, 0.2) is 42.5 Å². The molecule has 0 aliphatic carbocycles. The van der Waals surface area contributed by atoms with Gasteiger partial charge in [-0.2, -0.15) is 0 Å². The van der Waals surface area contributed by atoms with Gasteiger partial charge in [0, 0.05) is 6.07 Å². The quantitative estimate of drug-likeness (QED) is 0.878. The van der Waals surface area contributed by atoms with Gasteiger partial charge < -0.3 is 5.73 Å². The average Bonchev–Trinajstić information content (AvgIpc) is 2.35. The molecule has 0 atom stereocenters. The van der Waals surface area contributed by atoms with E-state index in [2.05, 4.69) is 0 Å². The van der Waals surface area contributed by atoms with Gasteiger partial charge in [0.05, 0.1) is 0 Å². The first-order valence-electron chi connectivity index (χ1n) is 5.94. The summed E-state index contributed by atoms with van der Waals surface area (Å²) in [5.41, 5.74) is 7.97. The van der Waals surface area contributed by atoms with Gasteiger partial charge in [-0.25, -0.2) is 8.78 Å². The lowest BCUT2D eigenvalue weighted by Gasteiger charge is -2.06. The van der Waals surface area contributed by atoms with Crippen molar-refractivity contribution in [3.63, 3.8) is 0 Å². The summed E-state index contributed by atoms with van der Waals surface area (Å²) in [7, 11) is 0. The molecule has 0 fully saturated rings. The fourth-order valence-electron chi connectivity index (χ4n) is 1.93. The highest BCUT2D eigenvalue weighted by atomic mass is 19.1. The molecule has 0 saturated heterocycles. The van der Waals surface area contributed by atoms with Gasteiger partial charge in [0.1, 0.15) is 11.6 Å². The molecule has 0 saturated carbocycles. The highest BCUT2D eigenvalue weighted by molar-refractivity contribution is 5.64. The Bertz CT molecular complexity index is 518. The van der Waals surface area contributed by atoms with Gasteiger partial charge in [0.2, 0.25) is 0 Å². The maximum absolute atomic E-state index is 13.2. The van der Waals surface area contributed by atoms with Crippen molar-refractivity contribution in [2.24, 2.45) is 5.73 Å². The molecule has 0 aromatic heterocycles. The van der Waals surface area contributed by atoms with E-state index in [1.165, 1.54) is 12.1 Å². The van der Waals surface area contributed by atoms with E-state index in [1.807, 2.05) is 24.3 Å². The third-order valence-electron chi connectivity index (χ3n) is 2.79. The van der Waals surface area contributed by atoms with Crippen LogP contribution in [-0.4, -0.2) is 6.54 Å². The Kier molecular flexibility index (Phi) is 4.05. The summed E-state index contributed by atoms with van der Waals surface area (Å²) in [6.45, 7) is 0.638.